The van der Waals surface area contributed by atoms with Crippen LogP contribution in [0.3, 0.4) is 0 Å². The first-order valence-corrected chi connectivity index (χ1v) is 36.5. The number of Topliss-reactive ketones (excluding diaryl/α,β-unsaturated/α-hetero) is 3. The number of carbonyl (C=O) groups excluding carboxylic acids is 9. The van der Waals surface area contributed by atoms with E-state index < -0.39 is 47.9 Å². The lowest BCUT2D eigenvalue weighted by Gasteiger charge is -2.31. The first-order chi connectivity index (χ1) is 51.6. The maximum Gasteiger partial charge on any atom is 0.416 e. The van der Waals surface area contributed by atoms with Crippen molar-refractivity contribution in [1.82, 2.24) is 31.2 Å². The molecule has 2 fully saturated rings. The lowest BCUT2D eigenvalue weighted by molar-refractivity contribution is -0.133. The summed E-state index contributed by atoms with van der Waals surface area (Å²) >= 11 is 0. The average molecular weight is 1460 g/mol. The molecule has 562 valence electrons. The molecule has 0 radical (unpaired) electrons. The molecule has 0 bridgehead atoms. The van der Waals surface area contributed by atoms with Gasteiger partial charge in [0.05, 0.1) is 88.0 Å². The Morgan fingerprint density at radius 2 is 1.36 bits per heavy atom. The Morgan fingerprint density at radius 3 is 2.05 bits per heavy atom. The van der Waals surface area contributed by atoms with Crippen molar-refractivity contribution in [1.29, 1.82) is 0 Å². The number of nitrogens with two attached hydrogens (primary N) is 1. The molecule has 5 atom stereocenters. The number of fused-ring (bicyclic) bond motifs is 6. The molecule has 1 saturated carbocycles. The fraction of sp³-hybridized carbons (Fsp3) is 0.402. The van der Waals surface area contributed by atoms with Crippen LogP contribution in [0.25, 0.3) is 17.0 Å². The summed E-state index contributed by atoms with van der Waals surface area (Å²) < 4.78 is 35.4. The molecule has 6 aromatic carbocycles. The number of hydrogen-bond acceptors (Lipinski definition) is 19. The Bertz CT molecular complexity index is 4470. The van der Waals surface area contributed by atoms with Gasteiger partial charge in [-0.1, -0.05) is 92.7 Å². The van der Waals surface area contributed by atoms with E-state index in [0.29, 0.717) is 70.9 Å². The van der Waals surface area contributed by atoms with Crippen LogP contribution in [0.4, 0.5) is 16.2 Å². The Balaban J connectivity index is 0.604. The zero-order valence-corrected chi connectivity index (χ0v) is 61.5. The van der Waals surface area contributed by atoms with Crippen molar-refractivity contribution < 1.29 is 76.7 Å². The van der Waals surface area contributed by atoms with Crippen LogP contribution in [0.5, 0.6) is 28.7 Å². The summed E-state index contributed by atoms with van der Waals surface area (Å²) in [6.07, 6.45) is 3.53. The number of aliphatic hydroxyl groups is 1. The van der Waals surface area contributed by atoms with Gasteiger partial charge < -0.3 is 69.6 Å². The van der Waals surface area contributed by atoms with Crippen molar-refractivity contribution in [2.45, 2.75) is 142 Å². The van der Waals surface area contributed by atoms with Crippen LogP contribution in [0.2, 0.25) is 0 Å². The van der Waals surface area contributed by atoms with Gasteiger partial charge in [0.25, 0.3) is 11.8 Å². The molecule has 5 heterocycles. The molecule has 6 amide bonds. The van der Waals surface area contributed by atoms with Crippen LogP contribution >= 0.6 is 0 Å². The van der Waals surface area contributed by atoms with E-state index in [1.165, 1.54) is 26.4 Å². The quantitative estimate of drug-likeness (QED) is 0.0139. The van der Waals surface area contributed by atoms with Gasteiger partial charge in [-0.2, -0.15) is 0 Å². The molecule has 107 heavy (non-hydrogen) atoms. The van der Waals surface area contributed by atoms with Crippen LogP contribution in [-0.4, -0.2) is 147 Å². The van der Waals surface area contributed by atoms with Crippen molar-refractivity contribution in [3.05, 3.63) is 178 Å². The number of nitrogens with zero attached hydrogens (tertiary/aromatic N) is 4. The Labute approximate surface area is 622 Å². The largest absolute Gasteiger partial charge is 0.497 e. The SMILES string of the molecule is CN/C1=C(\NN)c2ccccc2N(C(=O)CCC(=O)CCC(=O)NCC(=O)C[C@H](C(=O)N[C@@H](C)C(=O)Cc2ccc(COC(=O)N3c4cc(OCCCOc5cc6c(cc5OC)C(=O)N5C=C(c7ccc(OC)cc7)C[C@H]5CC6)c(OC)cc4C(=O)N4CC5(CC5)C[C@H]4[C@H]3O)cc2)C(C)C)Cc2ccccc21. The number of methoxy groups -OCH3 is 3. The highest BCUT2D eigenvalue weighted by Crippen LogP contribution is 2.57. The predicted octanol–water partition coefficient (Wildman–Crippen LogP) is 9.38. The molecule has 0 unspecified atom stereocenters. The molecule has 1 saturated heterocycles. The molecular weight excluding hydrogens is 1370 g/mol. The molecular formula is C82H93N9O16. The summed E-state index contributed by atoms with van der Waals surface area (Å²) in [5.74, 6) is 4.20. The summed E-state index contributed by atoms with van der Waals surface area (Å²) in [5, 5.41) is 20.8. The van der Waals surface area contributed by atoms with Gasteiger partial charge >= 0.3 is 6.09 Å². The number of carbonyl (C=O) groups is 9. The van der Waals surface area contributed by atoms with Crippen molar-refractivity contribution in [3.8, 4) is 28.7 Å². The minimum atomic E-state index is -1.48. The second-order valence-electron chi connectivity index (χ2n) is 28.7. The van der Waals surface area contributed by atoms with Gasteiger partial charge in [0.15, 0.2) is 40.8 Å². The minimum Gasteiger partial charge on any atom is -0.497 e. The number of hydrazine groups is 1. The number of rotatable bonds is 30. The lowest BCUT2D eigenvalue weighted by atomic mass is 9.89. The zero-order valence-electron chi connectivity index (χ0n) is 61.5. The Hall–Kier alpha value is -11.1. The summed E-state index contributed by atoms with van der Waals surface area (Å²) in [5.41, 5.74) is 12.0. The fourth-order valence-electron chi connectivity index (χ4n) is 15.0. The van der Waals surface area contributed by atoms with Gasteiger partial charge in [-0.05, 0) is 127 Å². The Morgan fingerprint density at radius 1 is 0.692 bits per heavy atom. The molecule has 25 nitrogen and oxygen atoms in total. The number of hydrogen-bond donors (Lipinski definition) is 6. The number of ether oxygens (including phenoxy) is 6. The second kappa shape index (κ2) is 33.2. The van der Waals surface area contributed by atoms with Gasteiger partial charge in [0.1, 0.15) is 18.1 Å². The Kier molecular flexibility index (Phi) is 23.4. The fourth-order valence-corrected chi connectivity index (χ4v) is 15.0. The van der Waals surface area contributed by atoms with E-state index in [1.54, 1.807) is 75.1 Å². The normalized spacial score (nSPS) is 18.6. The molecule has 6 aliphatic rings. The third-order valence-corrected chi connectivity index (χ3v) is 21.3. The third-order valence-electron chi connectivity index (χ3n) is 21.3. The average Bonchev–Trinajstić information content (AvgIpc) is 1.57. The maximum atomic E-state index is 14.5. The van der Waals surface area contributed by atoms with Crippen molar-refractivity contribution >= 4 is 81.3 Å². The molecule has 7 N–H and O–H groups in total. The maximum absolute atomic E-state index is 14.5. The number of benzene rings is 6. The number of ketones is 3. The standard InChI is InChI=1S/C82H93N9O16/c1-48(2)62(38-58(93)43-85-73(95)29-25-57(92)26-30-74(96)89-44-54-13-8-9-14-60(54)75(84-4)76(87-83)61-15-10-11-16-65(61)89)77(97)86-49(3)68(94)35-50-17-19-51(20-18-50)46-107-81(101)91-66-41-72(70(104-7)40-64(66)79(99)90-47-82(31-32-82)42-67(90)80(91)100)106-34-12-33-105-71-37-53-21-24-56-36-55(52-22-27-59(102-5)28-23-52)45-88(56)78(98)63(53)39-69(71)103-6/h8-11,13-20,22-23,27-28,37,39-41,45,48-49,56,62,67,80,84,87,100H,12,21,24-26,29-36,38,42-44,46-47,83H2,1-7H3,(H,85,95)(H,86,97)/b76-75-/t49-,56+,62-,67-,80+/m0/s1. The molecule has 5 aliphatic heterocycles. The highest BCUT2D eigenvalue weighted by atomic mass is 16.6. The first-order valence-electron chi connectivity index (χ1n) is 36.5. The van der Waals surface area contributed by atoms with Gasteiger partial charge in [-0.25, -0.2) is 9.69 Å². The molecule has 12 rings (SSSR count). The van der Waals surface area contributed by atoms with Crippen LogP contribution in [0.1, 0.15) is 151 Å². The van der Waals surface area contributed by atoms with Crippen LogP contribution in [0, 0.1) is 17.3 Å². The number of nitrogens with one attached hydrogen (secondary N) is 4. The zero-order chi connectivity index (χ0) is 75.8. The van der Waals surface area contributed by atoms with E-state index in [1.807, 2.05) is 90.0 Å². The summed E-state index contributed by atoms with van der Waals surface area (Å²) in [7, 11) is 6.41. The van der Waals surface area contributed by atoms with Gasteiger partial charge in [-0.15, -0.1) is 0 Å². The first kappa shape index (κ1) is 75.6. The number of aliphatic hydroxyl groups excluding tert-OH is 1. The number of amides is 6. The van der Waals surface area contributed by atoms with Gasteiger partial charge in [-0.3, -0.25) is 44.2 Å². The summed E-state index contributed by atoms with van der Waals surface area (Å²) in [6.45, 7) is 5.49. The second-order valence-corrected chi connectivity index (χ2v) is 28.7. The van der Waals surface area contributed by atoms with Crippen molar-refractivity contribution in [2.75, 3.05) is 64.5 Å². The van der Waals surface area contributed by atoms with E-state index >= 15 is 0 Å². The molecule has 0 aromatic heterocycles. The van der Waals surface area contributed by atoms with E-state index in [-0.39, 0.29) is 141 Å². The number of aryl methyl sites for hydroxylation is 1. The predicted molar refractivity (Wildman–Crippen MR) is 400 cm³/mol. The van der Waals surface area contributed by atoms with E-state index in [2.05, 4.69) is 21.4 Å². The van der Waals surface area contributed by atoms with Crippen LogP contribution in [0.15, 0.2) is 128 Å². The monoisotopic (exact) mass is 1460 g/mol. The van der Waals surface area contributed by atoms with Gasteiger partial charge in [0, 0.05) is 99.5 Å². The minimum absolute atomic E-state index is 0.00536. The smallest absolute Gasteiger partial charge is 0.416 e. The number of anilines is 2. The summed E-state index contributed by atoms with van der Waals surface area (Å²) in [6, 6.07) is 34.7. The molecule has 1 aliphatic carbocycles. The molecule has 25 heteroatoms. The third kappa shape index (κ3) is 16.8. The lowest BCUT2D eigenvalue weighted by Crippen LogP contribution is -2.50. The van der Waals surface area contributed by atoms with Crippen molar-refractivity contribution in [2.24, 2.45) is 23.1 Å². The molecule has 6 aromatic rings. The topological polar surface area (TPSA) is 316 Å². The number of para-hydroxylation sites is 1. The highest BCUT2D eigenvalue weighted by molar-refractivity contribution is 6.07. The van der Waals surface area contributed by atoms with Gasteiger partial charge in [0.2, 0.25) is 17.7 Å². The summed E-state index contributed by atoms with van der Waals surface area (Å²) in [4.78, 5) is 130. The van der Waals surface area contributed by atoms with E-state index in [4.69, 9.17) is 34.3 Å². The van der Waals surface area contributed by atoms with E-state index in [0.717, 1.165) is 69.9 Å². The highest BCUT2D eigenvalue weighted by Gasteiger charge is 2.58. The van der Waals surface area contributed by atoms with E-state index in [9.17, 15) is 48.3 Å². The van der Waals surface area contributed by atoms with Crippen molar-refractivity contribution in [3.63, 3.8) is 0 Å². The molecule has 1 spiro atoms. The van der Waals surface area contributed by atoms with Crippen LogP contribution < -0.4 is 60.7 Å². The van der Waals surface area contributed by atoms with Crippen LogP contribution in [-0.2, 0) is 59.5 Å².